The molecule has 3 rings (SSSR count). The van der Waals surface area contributed by atoms with E-state index >= 15 is 0 Å². The lowest BCUT2D eigenvalue weighted by Gasteiger charge is -2.27. The van der Waals surface area contributed by atoms with Gasteiger partial charge in [-0.2, -0.15) is 11.8 Å². The van der Waals surface area contributed by atoms with Crippen LogP contribution in [0.3, 0.4) is 0 Å². The first-order valence-corrected chi connectivity index (χ1v) is 9.78. The first-order chi connectivity index (χ1) is 10.4. The molecular weight excluding hydrogens is 407 g/mol. The van der Waals surface area contributed by atoms with Gasteiger partial charge in [-0.25, -0.2) is 0 Å². The molecule has 2 aliphatic heterocycles. The molecule has 128 valence electrons. The predicted octanol–water partition coefficient (Wildman–Crippen LogP) is 2.35. The van der Waals surface area contributed by atoms with Crippen molar-refractivity contribution >= 4 is 41.7 Å². The van der Waals surface area contributed by atoms with Crippen LogP contribution in [0.15, 0.2) is 4.99 Å². The Morgan fingerprint density at radius 2 is 1.77 bits per heavy atom. The van der Waals surface area contributed by atoms with E-state index in [-0.39, 0.29) is 24.0 Å². The lowest BCUT2D eigenvalue weighted by Crippen LogP contribution is -2.44. The van der Waals surface area contributed by atoms with Crippen molar-refractivity contribution in [2.45, 2.75) is 25.7 Å². The number of likely N-dealkylation sites (tertiary alicyclic amines) is 1. The van der Waals surface area contributed by atoms with Crippen LogP contribution in [0.1, 0.15) is 25.7 Å². The van der Waals surface area contributed by atoms with Crippen molar-refractivity contribution in [2.75, 3.05) is 57.8 Å². The smallest absolute Gasteiger partial charge is 0.193 e. The molecule has 3 fully saturated rings. The molecule has 6 heteroatoms. The zero-order valence-corrected chi connectivity index (χ0v) is 16.9. The lowest BCUT2D eigenvalue weighted by atomic mass is 9.82. The Balaban J connectivity index is 0.00000176. The Kier molecular flexibility index (Phi) is 8.11. The third-order valence-electron chi connectivity index (χ3n) is 5.30. The van der Waals surface area contributed by atoms with E-state index in [0.717, 1.165) is 30.9 Å². The summed E-state index contributed by atoms with van der Waals surface area (Å²) >= 11 is 2.08. The van der Waals surface area contributed by atoms with E-state index in [1.54, 1.807) is 0 Å². The highest BCUT2D eigenvalue weighted by Gasteiger charge is 2.35. The second-order valence-corrected chi connectivity index (χ2v) is 7.86. The molecule has 0 aromatic rings. The Labute approximate surface area is 156 Å². The van der Waals surface area contributed by atoms with Gasteiger partial charge in [0.15, 0.2) is 5.96 Å². The van der Waals surface area contributed by atoms with Crippen LogP contribution in [0.25, 0.3) is 0 Å². The minimum Gasteiger partial charge on any atom is -0.355 e. The third kappa shape index (κ3) is 4.90. The summed E-state index contributed by atoms with van der Waals surface area (Å²) in [5.74, 6) is 5.58. The molecule has 0 radical (unpaired) electrons. The molecular formula is C16H31IN4S. The van der Waals surface area contributed by atoms with E-state index in [2.05, 4.69) is 31.9 Å². The molecule has 1 N–H and O–H groups in total. The van der Waals surface area contributed by atoms with Gasteiger partial charge in [-0.3, -0.25) is 9.89 Å². The topological polar surface area (TPSA) is 30.9 Å². The number of nitrogens with one attached hydrogen (secondary N) is 1. The third-order valence-corrected chi connectivity index (χ3v) is 6.24. The number of thioether (sulfide) groups is 1. The van der Waals surface area contributed by atoms with Crippen LogP contribution in [0.5, 0.6) is 0 Å². The largest absolute Gasteiger partial charge is 0.355 e. The van der Waals surface area contributed by atoms with E-state index in [4.69, 9.17) is 0 Å². The highest BCUT2D eigenvalue weighted by Crippen LogP contribution is 2.35. The average molecular weight is 438 g/mol. The summed E-state index contributed by atoms with van der Waals surface area (Å²) in [4.78, 5) is 9.60. The highest BCUT2D eigenvalue weighted by molar-refractivity contribution is 14.0. The number of hydrogen-bond donors (Lipinski definition) is 1. The quantitative estimate of drug-likeness (QED) is 0.417. The molecule has 0 aromatic carbocycles. The minimum absolute atomic E-state index is 0. The van der Waals surface area contributed by atoms with Gasteiger partial charge in [0.25, 0.3) is 0 Å². The Bertz CT molecular complexity index is 346. The van der Waals surface area contributed by atoms with Crippen LogP contribution in [-0.4, -0.2) is 73.6 Å². The normalized spacial score (nSPS) is 29.9. The number of rotatable bonds is 3. The van der Waals surface area contributed by atoms with E-state index in [1.165, 1.54) is 63.4 Å². The summed E-state index contributed by atoms with van der Waals surface area (Å²) in [6.07, 6.45) is 5.75. The second kappa shape index (κ2) is 9.57. The fourth-order valence-electron chi connectivity index (χ4n) is 4.06. The number of nitrogens with zero attached hydrogens (tertiary/aromatic N) is 3. The summed E-state index contributed by atoms with van der Waals surface area (Å²) < 4.78 is 0. The van der Waals surface area contributed by atoms with Crippen molar-refractivity contribution in [2.24, 2.45) is 16.8 Å². The van der Waals surface area contributed by atoms with Crippen LogP contribution in [-0.2, 0) is 0 Å². The van der Waals surface area contributed by atoms with E-state index in [0.29, 0.717) is 0 Å². The molecule has 1 saturated carbocycles. The van der Waals surface area contributed by atoms with E-state index < -0.39 is 0 Å². The van der Waals surface area contributed by atoms with Crippen molar-refractivity contribution in [3.05, 3.63) is 0 Å². The second-order valence-electron chi connectivity index (χ2n) is 6.64. The molecule has 2 heterocycles. The molecule has 0 spiro atoms. The van der Waals surface area contributed by atoms with Crippen LogP contribution in [0, 0.1) is 11.8 Å². The Morgan fingerprint density at radius 1 is 1.14 bits per heavy atom. The van der Waals surface area contributed by atoms with Gasteiger partial charge in [0.05, 0.1) is 0 Å². The molecule has 2 saturated heterocycles. The summed E-state index contributed by atoms with van der Waals surface area (Å²) in [6, 6.07) is 0. The summed E-state index contributed by atoms with van der Waals surface area (Å²) in [5, 5.41) is 3.60. The highest BCUT2D eigenvalue weighted by atomic mass is 127. The van der Waals surface area contributed by atoms with Gasteiger partial charge in [-0.15, -0.1) is 24.0 Å². The first kappa shape index (κ1) is 18.6. The Hall–Kier alpha value is 0.310. The van der Waals surface area contributed by atoms with Crippen molar-refractivity contribution in [3.8, 4) is 0 Å². The van der Waals surface area contributed by atoms with Gasteiger partial charge in [-0.1, -0.05) is 12.8 Å². The van der Waals surface area contributed by atoms with Crippen molar-refractivity contribution in [3.63, 3.8) is 0 Å². The van der Waals surface area contributed by atoms with Crippen LogP contribution >= 0.6 is 35.7 Å². The van der Waals surface area contributed by atoms with Crippen LogP contribution in [0.2, 0.25) is 0 Å². The van der Waals surface area contributed by atoms with Gasteiger partial charge in [0, 0.05) is 57.8 Å². The van der Waals surface area contributed by atoms with Crippen molar-refractivity contribution < 1.29 is 0 Å². The molecule has 3 aliphatic rings. The number of hydrogen-bond acceptors (Lipinski definition) is 3. The maximum Gasteiger partial charge on any atom is 0.193 e. The molecule has 2 atom stereocenters. The minimum atomic E-state index is 0. The molecule has 0 aromatic heterocycles. The fraction of sp³-hybridized carbons (Fsp3) is 0.938. The fourth-order valence-corrected chi connectivity index (χ4v) is 5.04. The van der Waals surface area contributed by atoms with Gasteiger partial charge in [0.2, 0.25) is 0 Å². The average Bonchev–Trinajstić information content (AvgIpc) is 2.96. The molecule has 2 unspecified atom stereocenters. The molecule has 4 nitrogen and oxygen atoms in total. The van der Waals surface area contributed by atoms with Gasteiger partial charge in [-0.05, 0) is 24.7 Å². The standard InChI is InChI=1S/C16H30N4S.HI/c1-17-16(18-6-7-19-8-10-21-11-9-19)20-12-14-4-2-3-5-15(14)13-20;/h14-15H,2-13H2,1H3,(H,17,18);1H. The molecule has 22 heavy (non-hydrogen) atoms. The lowest BCUT2D eigenvalue weighted by molar-refractivity contribution is 0.299. The van der Waals surface area contributed by atoms with Crippen LogP contribution in [0.4, 0.5) is 0 Å². The maximum absolute atomic E-state index is 4.52. The maximum atomic E-state index is 4.52. The van der Waals surface area contributed by atoms with E-state index in [9.17, 15) is 0 Å². The summed E-state index contributed by atoms with van der Waals surface area (Å²) in [7, 11) is 1.93. The van der Waals surface area contributed by atoms with E-state index in [1.807, 2.05) is 7.05 Å². The van der Waals surface area contributed by atoms with Gasteiger partial charge < -0.3 is 10.2 Å². The van der Waals surface area contributed by atoms with Crippen molar-refractivity contribution in [1.82, 2.24) is 15.1 Å². The molecule has 0 bridgehead atoms. The zero-order valence-electron chi connectivity index (χ0n) is 13.8. The first-order valence-electron chi connectivity index (χ1n) is 8.62. The molecule has 0 amide bonds. The van der Waals surface area contributed by atoms with Gasteiger partial charge in [0.1, 0.15) is 0 Å². The summed E-state index contributed by atoms with van der Waals surface area (Å²) in [6.45, 7) is 7.14. The number of aliphatic imine (C=N–C) groups is 1. The predicted molar refractivity (Wildman–Crippen MR) is 108 cm³/mol. The SMILES string of the molecule is CN=C(NCCN1CCSCC1)N1CC2CCCCC2C1.I. The number of halogens is 1. The summed E-state index contributed by atoms with van der Waals surface area (Å²) in [5.41, 5.74) is 0. The van der Waals surface area contributed by atoms with Crippen LogP contribution < -0.4 is 5.32 Å². The zero-order chi connectivity index (χ0) is 14.5. The number of guanidine groups is 1. The van der Waals surface area contributed by atoms with Crippen molar-refractivity contribution in [1.29, 1.82) is 0 Å². The van der Waals surface area contributed by atoms with Gasteiger partial charge >= 0.3 is 0 Å². The Morgan fingerprint density at radius 3 is 2.36 bits per heavy atom. The number of fused-ring (bicyclic) bond motifs is 1. The molecule has 1 aliphatic carbocycles. The monoisotopic (exact) mass is 438 g/mol.